The predicted octanol–water partition coefficient (Wildman–Crippen LogP) is 2.56. The van der Waals surface area contributed by atoms with Gasteiger partial charge in [0.15, 0.2) is 0 Å². The van der Waals surface area contributed by atoms with Crippen LogP contribution in [0, 0.1) is 11.3 Å². The van der Waals surface area contributed by atoms with Crippen molar-refractivity contribution >= 4 is 11.4 Å². The highest BCUT2D eigenvalue weighted by atomic mass is 15.1. The Morgan fingerprint density at radius 2 is 2.21 bits per heavy atom. The van der Waals surface area contributed by atoms with Crippen LogP contribution < -0.4 is 10.6 Å². The number of nitrogens with zero attached hydrogens (tertiary/aromatic N) is 3. The van der Waals surface area contributed by atoms with Crippen molar-refractivity contribution in [2.45, 2.75) is 13.5 Å². The summed E-state index contributed by atoms with van der Waals surface area (Å²) in [5.74, 6) is 0. The van der Waals surface area contributed by atoms with Crippen LogP contribution in [0.5, 0.6) is 0 Å². The van der Waals surface area contributed by atoms with Crippen molar-refractivity contribution in [1.29, 1.82) is 5.26 Å². The molecule has 0 saturated carbocycles. The molecule has 1 aromatic heterocycles. The second-order valence-corrected chi connectivity index (χ2v) is 4.26. The highest BCUT2D eigenvalue weighted by Crippen LogP contribution is 2.21. The molecule has 1 aromatic carbocycles. The number of benzene rings is 1. The van der Waals surface area contributed by atoms with E-state index in [1.807, 2.05) is 24.3 Å². The maximum absolute atomic E-state index is 9.15. The molecule has 0 atom stereocenters. The second kappa shape index (κ2) is 5.87. The van der Waals surface area contributed by atoms with E-state index in [2.05, 4.69) is 22.9 Å². The van der Waals surface area contributed by atoms with Crippen LogP contribution in [-0.4, -0.2) is 11.5 Å². The molecule has 19 heavy (non-hydrogen) atoms. The average Bonchev–Trinajstić information content (AvgIpc) is 2.45. The van der Waals surface area contributed by atoms with Crippen molar-refractivity contribution < 1.29 is 0 Å². The van der Waals surface area contributed by atoms with E-state index < -0.39 is 0 Å². The SMILES string of the molecule is CCN(Cc1cccc(N)c1)c1cnccc1C#N. The molecule has 0 radical (unpaired) electrons. The van der Waals surface area contributed by atoms with Crippen LogP contribution in [0.2, 0.25) is 0 Å². The van der Waals surface area contributed by atoms with Gasteiger partial charge in [-0.1, -0.05) is 12.1 Å². The predicted molar refractivity (Wildman–Crippen MR) is 76.5 cm³/mol. The number of anilines is 2. The first-order chi connectivity index (χ1) is 9.24. The summed E-state index contributed by atoms with van der Waals surface area (Å²) >= 11 is 0. The standard InChI is InChI=1S/C15H16N4/c1-2-19(11-12-4-3-5-14(17)8-12)15-10-18-7-6-13(15)9-16/h3-8,10H,2,11,17H2,1H3. The Hall–Kier alpha value is -2.54. The van der Waals surface area contributed by atoms with Gasteiger partial charge in [-0.05, 0) is 30.7 Å². The van der Waals surface area contributed by atoms with Crippen LogP contribution in [-0.2, 0) is 6.54 Å². The molecule has 0 spiro atoms. The summed E-state index contributed by atoms with van der Waals surface area (Å²) in [4.78, 5) is 6.22. The molecule has 0 saturated heterocycles. The van der Waals surface area contributed by atoms with Crippen molar-refractivity contribution in [2.75, 3.05) is 17.2 Å². The van der Waals surface area contributed by atoms with Gasteiger partial charge >= 0.3 is 0 Å². The third-order valence-electron chi connectivity index (χ3n) is 2.97. The van der Waals surface area contributed by atoms with E-state index in [-0.39, 0.29) is 0 Å². The van der Waals surface area contributed by atoms with Crippen LogP contribution in [0.4, 0.5) is 11.4 Å². The number of nitrogen functional groups attached to an aromatic ring is 1. The fourth-order valence-corrected chi connectivity index (χ4v) is 2.01. The smallest absolute Gasteiger partial charge is 0.101 e. The lowest BCUT2D eigenvalue weighted by molar-refractivity contribution is 0.827. The first kappa shape index (κ1) is 12.9. The fraction of sp³-hybridized carbons (Fsp3) is 0.200. The summed E-state index contributed by atoms with van der Waals surface area (Å²) in [6.07, 6.45) is 3.37. The minimum atomic E-state index is 0.640. The molecule has 0 bridgehead atoms. The minimum Gasteiger partial charge on any atom is -0.399 e. The van der Waals surface area contributed by atoms with Gasteiger partial charge in [-0.3, -0.25) is 4.98 Å². The lowest BCUT2D eigenvalue weighted by atomic mass is 10.1. The third kappa shape index (κ3) is 3.02. The summed E-state index contributed by atoms with van der Waals surface area (Å²) in [5.41, 5.74) is 9.15. The topological polar surface area (TPSA) is 65.9 Å². The lowest BCUT2D eigenvalue weighted by Gasteiger charge is -2.23. The Balaban J connectivity index is 2.28. The van der Waals surface area contributed by atoms with Gasteiger partial charge in [-0.25, -0.2) is 0 Å². The first-order valence-electron chi connectivity index (χ1n) is 6.18. The molecule has 0 aliphatic heterocycles. The van der Waals surface area contributed by atoms with Gasteiger partial charge in [0.2, 0.25) is 0 Å². The van der Waals surface area contributed by atoms with Crippen LogP contribution >= 0.6 is 0 Å². The zero-order chi connectivity index (χ0) is 13.7. The van der Waals surface area contributed by atoms with E-state index >= 15 is 0 Å². The monoisotopic (exact) mass is 252 g/mol. The molecule has 0 aliphatic carbocycles. The number of nitriles is 1. The minimum absolute atomic E-state index is 0.640. The maximum Gasteiger partial charge on any atom is 0.101 e. The van der Waals surface area contributed by atoms with Crippen LogP contribution in [0.1, 0.15) is 18.1 Å². The molecule has 4 heteroatoms. The summed E-state index contributed by atoms with van der Waals surface area (Å²) in [5, 5.41) is 9.15. The highest BCUT2D eigenvalue weighted by Gasteiger charge is 2.10. The van der Waals surface area contributed by atoms with Crippen LogP contribution in [0.3, 0.4) is 0 Å². The Bertz CT molecular complexity index is 601. The van der Waals surface area contributed by atoms with Crippen LogP contribution in [0.15, 0.2) is 42.7 Å². The summed E-state index contributed by atoms with van der Waals surface area (Å²) in [7, 11) is 0. The lowest BCUT2D eigenvalue weighted by Crippen LogP contribution is -2.23. The van der Waals surface area contributed by atoms with Gasteiger partial charge in [-0.15, -0.1) is 0 Å². The van der Waals surface area contributed by atoms with Gasteiger partial charge < -0.3 is 10.6 Å². The maximum atomic E-state index is 9.15. The van der Waals surface area contributed by atoms with Crippen molar-refractivity contribution in [1.82, 2.24) is 4.98 Å². The summed E-state index contributed by atoms with van der Waals surface area (Å²) < 4.78 is 0. The van der Waals surface area contributed by atoms with E-state index in [1.54, 1.807) is 18.5 Å². The molecule has 0 aliphatic rings. The average molecular weight is 252 g/mol. The van der Waals surface area contributed by atoms with Gasteiger partial charge in [0, 0.05) is 25.0 Å². The van der Waals surface area contributed by atoms with E-state index in [9.17, 15) is 0 Å². The normalized spacial score (nSPS) is 9.89. The quantitative estimate of drug-likeness (QED) is 0.849. The molecular weight excluding hydrogens is 236 g/mol. The summed E-state index contributed by atoms with van der Waals surface area (Å²) in [6.45, 7) is 3.57. The van der Waals surface area contributed by atoms with Gasteiger partial charge in [0.1, 0.15) is 6.07 Å². The molecule has 0 unspecified atom stereocenters. The van der Waals surface area contributed by atoms with Gasteiger partial charge in [0.25, 0.3) is 0 Å². The second-order valence-electron chi connectivity index (χ2n) is 4.26. The molecule has 1 heterocycles. The Labute approximate surface area is 113 Å². The molecular formula is C15H16N4. The molecule has 2 aromatic rings. The van der Waals surface area contributed by atoms with E-state index in [0.29, 0.717) is 12.1 Å². The Morgan fingerprint density at radius 1 is 1.37 bits per heavy atom. The zero-order valence-electron chi connectivity index (χ0n) is 10.9. The first-order valence-corrected chi connectivity index (χ1v) is 6.18. The van der Waals surface area contributed by atoms with E-state index in [1.165, 1.54) is 0 Å². The largest absolute Gasteiger partial charge is 0.399 e. The van der Waals surface area contributed by atoms with E-state index in [4.69, 9.17) is 11.0 Å². The number of nitrogens with two attached hydrogens (primary N) is 1. The third-order valence-corrected chi connectivity index (χ3v) is 2.97. The fourth-order valence-electron chi connectivity index (χ4n) is 2.01. The van der Waals surface area contributed by atoms with Gasteiger partial charge in [-0.2, -0.15) is 5.26 Å². The van der Waals surface area contributed by atoms with Crippen LogP contribution in [0.25, 0.3) is 0 Å². The zero-order valence-corrected chi connectivity index (χ0v) is 10.9. The van der Waals surface area contributed by atoms with Gasteiger partial charge in [0.05, 0.1) is 17.4 Å². The molecule has 0 amide bonds. The van der Waals surface area contributed by atoms with Crippen molar-refractivity contribution in [3.63, 3.8) is 0 Å². The van der Waals surface area contributed by atoms with E-state index in [0.717, 1.165) is 23.5 Å². The highest BCUT2D eigenvalue weighted by molar-refractivity contribution is 5.58. The molecule has 2 N–H and O–H groups in total. The van der Waals surface area contributed by atoms with Crippen molar-refractivity contribution in [3.8, 4) is 6.07 Å². The number of rotatable bonds is 4. The Morgan fingerprint density at radius 3 is 2.89 bits per heavy atom. The number of hydrogen-bond acceptors (Lipinski definition) is 4. The van der Waals surface area contributed by atoms with Crippen molar-refractivity contribution in [3.05, 3.63) is 53.9 Å². The Kier molecular flexibility index (Phi) is 3.99. The number of aromatic nitrogens is 1. The number of hydrogen-bond donors (Lipinski definition) is 1. The number of pyridine rings is 1. The molecule has 96 valence electrons. The van der Waals surface area contributed by atoms with Crippen molar-refractivity contribution in [2.24, 2.45) is 0 Å². The summed E-state index contributed by atoms with van der Waals surface area (Å²) in [6, 6.07) is 11.7. The molecule has 4 nitrogen and oxygen atoms in total. The molecule has 0 fully saturated rings. The molecule has 2 rings (SSSR count).